The molecule has 7 heteroatoms. The summed E-state index contributed by atoms with van der Waals surface area (Å²) in [5.74, 6) is 0.430. The minimum absolute atomic E-state index is 0.0950. The molecule has 28 heavy (non-hydrogen) atoms. The van der Waals surface area contributed by atoms with Gasteiger partial charge in [0, 0.05) is 11.7 Å². The molecule has 0 saturated heterocycles. The van der Waals surface area contributed by atoms with Gasteiger partial charge in [0.25, 0.3) is 5.56 Å². The Balaban J connectivity index is 1.73. The molecule has 1 fully saturated rings. The number of rotatable bonds is 3. The van der Waals surface area contributed by atoms with E-state index in [1.54, 1.807) is 0 Å². The SMILES string of the molecule is Cc1nn(Cc2cc3cccc(C)c3c(=O)n2C2CCC2)c2ncnc(N)c12. The number of hydrogen-bond donors (Lipinski definition) is 1. The zero-order valence-corrected chi connectivity index (χ0v) is 16.0. The predicted octanol–water partition coefficient (Wildman–Crippen LogP) is 3.11. The Morgan fingerprint density at radius 3 is 2.75 bits per heavy atom. The number of nitrogen functional groups attached to an aromatic ring is 1. The van der Waals surface area contributed by atoms with Crippen LogP contribution in [-0.4, -0.2) is 24.3 Å². The number of benzene rings is 1. The summed E-state index contributed by atoms with van der Waals surface area (Å²) in [6.07, 6.45) is 4.70. The van der Waals surface area contributed by atoms with Gasteiger partial charge in [0.15, 0.2) is 5.65 Å². The zero-order chi connectivity index (χ0) is 19.4. The maximum absolute atomic E-state index is 13.4. The Bertz CT molecular complexity index is 1280. The summed E-state index contributed by atoms with van der Waals surface area (Å²) in [6.45, 7) is 4.37. The number of nitrogens with zero attached hydrogens (tertiary/aromatic N) is 5. The molecule has 0 bridgehead atoms. The third-order valence-electron chi connectivity index (χ3n) is 5.85. The maximum atomic E-state index is 13.4. The average Bonchev–Trinajstić information content (AvgIpc) is 2.93. The van der Waals surface area contributed by atoms with Crippen molar-refractivity contribution in [3.63, 3.8) is 0 Å². The number of fused-ring (bicyclic) bond motifs is 2. The van der Waals surface area contributed by atoms with E-state index in [2.05, 4.69) is 21.1 Å². The van der Waals surface area contributed by atoms with Crippen molar-refractivity contribution in [3.05, 3.63) is 57.9 Å². The molecule has 2 N–H and O–H groups in total. The van der Waals surface area contributed by atoms with Gasteiger partial charge in [-0.15, -0.1) is 0 Å². The van der Waals surface area contributed by atoms with Gasteiger partial charge in [-0.25, -0.2) is 14.6 Å². The summed E-state index contributed by atoms with van der Waals surface area (Å²) < 4.78 is 3.81. The Kier molecular flexibility index (Phi) is 3.72. The molecule has 7 nitrogen and oxygen atoms in total. The van der Waals surface area contributed by atoms with Crippen LogP contribution in [0, 0.1) is 13.8 Å². The van der Waals surface area contributed by atoms with Crippen molar-refractivity contribution in [2.24, 2.45) is 0 Å². The van der Waals surface area contributed by atoms with Crippen LogP contribution in [0.5, 0.6) is 0 Å². The van der Waals surface area contributed by atoms with E-state index in [1.165, 1.54) is 6.33 Å². The smallest absolute Gasteiger partial charge is 0.259 e. The van der Waals surface area contributed by atoms with E-state index in [9.17, 15) is 4.79 Å². The van der Waals surface area contributed by atoms with Gasteiger partial charge in [-0.3, -0.25) is 4.79 Å². The van der Waals surface area contributed by atoms with Gasteiger partial charge >= 0.3 is 0 Å². The normalized spacial score (nSPS) is 14.6. The molecular formula is C21H22N6O. The van der Waals surface area contributed by atoms with Gasteiger partial charge in [-0.1, -0.05) is 18.2 Å². The summed E-state index contributed by atoms with van der Waals surface area (Å²) in [5.41, 5.74) is 9.58. The third kappa shape index (κ3) is 2.42. The van der Waals surface area contributed by atoms with E-state index in [4.69, 9.17) is 5.73 Å². The summed E-state index contributed by atoms with van der Waals surface area (Å²) in [7, 11) is 0. The highest BCUT2D eigenvalue weighted by atomic mass is 16.1. The summed E-state index contributed by atoms with van der Waals surface area (Å²) in [6, 6.07) is 8.38. The van der Waals surface area contributed by atoms with Crippen molar-refractivity contribution in [1.82, 2.24) is 24.3 Å². The molecule has 4 aromatic rings. The highest BCUT2D eigenvalue weighted by molar-refractivity contribution is 5.88. The van der Waals surface area contributed by atoms with Crippen molar-refractivity contribution in [2.75, 3.05) is 5.73 Å². The minimum atomic E-state index is 0.0950. The van der Waals surface area contributed by atoms with E-state index in [-0.39, 0.29) is 11.6 Å². The average molecular weight is 374 g/mol. The number of anilines is 1. The molecule has 0 spiro atoms. The Labute approximate surface area is 161 Å². The fraction of sp³-hybridized carbons (Fsp3) is 0.333. The molecule has 0 atom stereocenters. The molecule has 1 aromatic carbocycles. The molecule has 5 rings (SSSR count). The third-order valence-corrected chi connectivity index (χ3v) is 5.85. The Hall–Kier alpha value is -3.22. The lowest BCUT2D eigenvalue weighted by Crippen LogP contribution is -2.32. The standard InChI is InChI=1S/C21H22N6O/c1-12-5-3-6-14-9-16(27(15-7-4-8-15)21(28)17(12)14)10-26-20-18(13(2)25-26)19(22)23-11-24-20/h3,5-6,9,11,15H,4,7-8,10H2,1-2H3,(H2,22,23,24). The van der Waals surface area contributed by atoms with Crippen LogP contribution in [0.4, 0.5) is 5.82 Å². The Morgan fingerprint density at radius 2 is 2.00 bits per heavy atom. The molecule has 0 amide bonds. The number of aromatic nitrogens is 5. The van der Waals surface area contributed by atoms with Crippen molar-refractivity contribution in [1.29, 1.82) is 0 Å². The van der Waals surface area contributed by atoms with Crippen molar-refractivity contribution >= 4 is 27.6 Å². The molecule has 0 aliphatic heterocycles. The largest absolute Gasteiger partial charge is 0.383 e. The molecule has 3 aromatic heterocycles. The van der Waals surface area contributed by atoms with Crippen molar-refractivity contribution in [3.8, 4) is 0 Å². The van der Waals surface area contributed by atoms with E-state index >= 15 is 0 Å². The predicted molar refractivity (Wildman–Crippen MR) is 109 cm³/mol. The fourth-order valence-electron chi connectivity index (χ4n) is 4.24. The molecule has 1 aliphatic carbocycles. The zero-order valence-electron chi connectivity index (χ0n) is 16.0. The van der Waals surface area contributed by atoms with Crippen LogP contribution in [0.15, 0.2) is 35.4 Å². The van der Waals surface area contributed by atoms with Crippen LogP contribution in [0.1, 0.15) is 42.3 Å². The molecule has 0 radical (unpaired) electrons. The molecule has 3 heterocycles. The highest BCUT2D eigenvalue weighted by Crippen LogP contribution is 2.33. The summed E-state index contributed by atoms with van der Waals surface area (Å²) >= 11 is 0. The first-order chi connectivity index (χ1) is 13.5. The maximum Gasteiger partial charge on any atom is 0.259 e. The van der Waals surface area contributed by atoms with E-state index in [0.29, 0.717) is 18.0 Å². The first-order valence-corrected chi connectivity index (χ1v) is 9.62. The van der Waals surface area contributed by atoms with Crippen LogP contribution < -0.4 is 11.3 Å². The van der Waals surface area contributed by atoms with Crippen LogP contribution >= 0.6 is 0 Å². The number of nitrogens with two attached hydrogens (primary N) is 1. The van der Waals surface area contributed by atoms with Gasteiger partial charge in [0.2, 0.25) is 0 Å². The van der Waals surface area contributed by atoms with E-state index < -0.39 is 0 Å². The van der Waals surface area contributed by atoms with Crippen LogP contribution in [-0.2, 0) is 6.54 Å². The lowest BCUT2D eigenvalue weighted by molar-refractivity contribution is 0.298. The van der Waals surface area contributed by atoms with Crippen LogP contribution in [0.2, 0.25) is 0 Å². The molecule has 142 valence electrons. The fourth-order valence-corrected chi connectivity index (χ4v) is 4.24. The highest BCUT2D eigenvalue weighted by Gasteiger charge is 2.25. The number of hydrogen-bond acceptors (Lipinski definition) is 5. The molecule has 0 unspecified atom stereocenters. The van der Waals surface area contributed by atoms with Gasteiger partial charge < -0.3 is 10.3 Å². The summed E-state index contributed by atoms with van der Waals surface area (Å²) in [4.78, 5) is 21.9. The second kappa shape index (κ2) is 6.15. The second-order valence-electron chi connectivity index (χ2n) is 7.64. The molecule has 1 aliphatic rings. The summed E-state index contributed by atoms with van der Waals surface area (Å²) in [5, 5.41) is 7.19. The van der Waals surface area contributed by atoms with Gasteiger partial charge in [-0.05, 0) is 50.1 Å². The van der Waals surface area contributed by atoms with Crippen molar-refractivity contribution in [2.45, 2.75) is 45.7 Å². The number of aryl methyl sites for hydroxylation is 2. The minimum Gasteiger partial charge on any atom is -0.383 e. The van der Waals surface area contributed by atoms with Crippen LogP contribution in [0.3, 0.4) is 0 Å². The van der Waals surface area contributed by atoms with E-state index in [1.807, 2.05) is 41.3 Å². The first-order valence-electron chi connectivity index (χ1n) is 9.62. The van der Waals surface area contributed by atoms with Crippen LogP contribution in [0.25, 0.3) is 21.8 Å². The van der Waals surface area contributed by atoms with Gasteiger partial charge in [0.05, 0.1) is 23.0 Å². The lowest BCUT2D eigenvalue weighted by atomic mass is 9.91. The van der Waals surface area contributed by atoms with Gasteiger partial charge in [-0.2, -0.15) is 5.10 Å². The van der Waals surface area contributed by atoms with Crippen molar-refractivity contribution < 1.29 is 0 Å². The van der Waals surface area contributed by atoms with E-state index in [0.717, 1.165) is 52.4 Å². The second-order valence-corrected chi connectivity index (χ2v) is 7.64. The van der Waals surface area contributed by atoms with Gasteiger partial charge in [0.1, 0.15) is 12.1 Å². The lowest BCUT2D eigenvalue weighted by Gasteiger charge is -2.30. The quantitative estimate of drug-likeness (QED) is 0.595. The Morgan fingerprint density at radius 1 is 1.18 bits per heavy atom. The monoisotopic (exact) mass is 374 g/mol. The molecule has 1 saturated carbocycles. The topological polar surface area (TPSA) is 91.6 Å². The first kappa shape index (κ1) is 16.9. The number of pyridine rings is 1. The molecular weight excluding hydrogens is 352 g/mol.